The molecule has 4 atom stereocenters. The summed E-state index contributed by atoms with van der Waals surface area (Å²) in [6.07, 6.45) is 0.858. The molecular weight excluding hydrogens is 446 g/mol. The lowest BCUT2D eigenvalue weighted by molar-refractivity contribution is -0.143. The first-order valence-corrected chi connectivity index (χ1v) is 10.9. The number of carbonyl (C=O) groups is 5. The molecule has 1 aromatic carbocycles. The summed E-state index contributed by atoms with van der Waals surface area (Å²) in [5.41, 5.74) is 11.9. The summed E-state index contributed by atoms with van der Waals surface area (Å²) in [5.74, 6) is -5.00. The Hall–Kier alpha value is -3.51. The van der Waals surface area contributed by atoms with E-state index in [0.717, 1.165) is 0 Å². The molecule has 0 aliphatic heterocycles. The monoisotopic (exact) mass is 479 g/mol. The second-order valence-corrected chi connectivity index (χ2v) is 7.87. The van der Waals surface area contributed by atoms with Crippen molar-refractivity contribution in [2.75, 3.05) is 6.54 Å². The third-order valence-corrected chi connectivity index (χ3v) is 4.97. The molecule has 12 heteroatoms. The molecule has 12 nitrogen and oxygen atoms in total. The highest BCUT2D eigenvalue weighted by molar-refractivity contribution is 5.95. The Bertz CT molecular complexity index is 849. The molecule has 0 aromatic heterocycles. The topological polar surface area (TPSA) is 214 Å². The van der Waals surface area contributed by atoms with Crippen LogP contribution in [-0.2, 0) is 30.4 Å². The molecule has 34 heavy (non-hydrogen) atoms. The smallest absolute Gasteiger partial charge is 0.326 e. The number of nitrogens with two attached hydrogens (primary N) is 2. The second kappa shape index (κ2) is 14.6. The summed E-state index contributed by atoms with van der Waals surface area (Å²) < 4.78 is 0. The number of amides is 3. The van der Waals surface area contributed by atoms with Crippen molar-refractivity contribution in [2.24, 2.45) is 11.5 Å². The van der Waals surface area contributed by atoms with E-state index >= 15 is 0 Å². The minimum atomic E-state index is -1.47. The maximum absolute atomic E-state index is 12.6. The van der Waals surface area contributed by atoms with Gasteiger partial charge in [-0.2, -0.15) is 0 Å². The van der Waals surface area contributed by atoms with Crippen LogP contribution in [0.2, 0.25) is 0 Å². The molecule has 0 spiro atoms. The second-order valence-electron chi connectivity index (χ2n) is 7.87. The Labute approximate surface area is 197 Å². The summed E-state index contributed by atoms with van der Waals surface area (Å²) in [6, 6.07) is 3.81. The van der Waals surface area contributed by atoms with E-state index in [2.05, 4.69) is 16.0 Å². The summed E-state index contributed by atoms with van der Waals surface area (Å²) in [7, 11) is 0. The van der Waals surface area contributed by atoms with E-state index in [1.807, 2.05) is 0 Å². The number of carboxylic acid groups (broad SMARTS) is 2. The molecule has 1 rings (SSSR count). The highest BCUT2D eigenvalue weighted by Crippen LogP contribution is 2.05. The van der Waals surface area contributed by atoms with Gasteiger partial charge in [0.15, 0.2) is 0 Å². The Kier molecular flexibility index (Phi) is 12.2. The van der Waals surface area contributed by atoms with Gasteiger partial charge in [-0.1, -0.05) is 36.8 Å². The molecule has 0 fully saturated rings. The quantitative estimate of drug-likeness (QED) is 0.149. The SMILES string of the molecule is CC(NC(=O)C(CC(=O)O)NC(=O)C(N)CCCCN)C(=O)NC(Cc1ccccc1)C(=O)O. The number of benzene rings is 1. The van der Waals surface area contributed by atoms with E-state index in [1.54, 1.807) is 30.3 Å². The maximum Gasteiger partial charge on any atom is 0.326 e. The summed E-state index contributed by atoms with van der Waals surface area (Å²) in [5, 5.41) is 25.5. The molecule has 4 unspecified atom stereocenters. The van der Waals surface area contributed by atoms with Crippen LogP contribution in [0.4, 0.5) is 0 Å². The number of hydrogen-bond donors (Lipinski definition) is 7. The van der Waals surface area contributed by atoms with E-state index in [4.69, 9.17) is 16.6 Å². The highest BCUT2D eigenvalue weighted by Gasteiger charge is 2.29. The molecule has 0 radical (unpaired) electrons. The number of carbonyl (C=O) groups excluding carboxylic acids is 3. The fourth-order valence-electron chi connectivity index (χ4n) is 3.03. The fraction of sp³-hybridized carbons (Fsp3) is 0.500. The van der Waals surface area contributed by atoms with Crippen molar-refractivity contribution in [2.45, 2.75) is 63.2 Å². The van der Waals surface area contributed by atoms with E-state index in [1.165, 1.54) is 6.92 Å². The summed E-state index contributed by atoms with van der Waals surface area (Å²) >= 11 is 0. The van der Waals surface area contributed by atoms with E-state index in [0.29, 0.717) is 31.4 Å². The minimum absolute atomic E-state index is 0.0301. The standard InChI is InChI=1S/C22H33N5O7/c1-13(19(30)27-17(22(33)34)11-14-7-3-2-4-8-14)25-21(32)16(12-18(28)29)26-20(31)15(24)9-5-6-10-23/h2-4,7-8,13,15-17H,5-6,9-12,23-24H2,1H3,(H,25,32)(H,26,31)(H,27,30)(H,28,29)(H,33,34). The van der Waals surface area contributed by atoms with Gasteiger partial charge in [0, 0.05) is 6.42 Å². The molecule has 0 aliphatic rings. The van der Waals surface area contributed by atoms with Crippen molar-refractivity contribution in [1.29, 1.82) is 0 Å². The van der Waals surface area contributed by atoms with Crippen molar-refractivity contribution < 1.29 is 34.2 Å². The van der Waals surface area contributed by atoms with Gasteiger partial charge in [-0.05, 0) is 31.9 Å². The maximum atomic E-state index is 12.6. The van der Waals surface area contributed by atoms with Gasteiger partial charge < -0.3 is 37.6 Å². The largest absolute Gasteiger partial charge is 0.481 e. The Morgan fingerprint density at radius 2 is 1.50 bits per heavy atom. The van der Waals surface area contributed by atoms with Gasteiger partial charge in [0.1, 0.15) is 18.1 Å². The summed E-state index contributed by atoms with van der Waals surface area (Å²) in [6.45, 7) is 1.75. The third-order valence-electron chi connectivity index (χ3n) is 4.97. The number of rotatable bonds is 15. The number of unbranched alkanes of at least 4 members (excludes halogenated alkanes) is 1. The zero-order valence-corrected chi connectivity index (χ0v) is 19.0. The van der Waals surface area contributed by atoms with Gasteiger partial charge in [0.25, 0.3) is 0 Å². The van der Waals surface area contributed by atoms with Crippen molar-refractivity contribution in [3.05, 3.63) is 35.9 Å². The Morgan fingerprint density at radius 1 is 0.882 bits per heavy atom. The van der Waals surface area contributed by atoms with Crippen LogP contribution in [0.25, 0.3) is 0 Å². The van der Waals surface area contributed by atoms with Gasteiger partial charge in [-0.15, -0.1) is 0 Å². The first kappa shape index (κ1) is 28.5. The zero-order chi connectivity index (χ0) is 25.7. The molecule has 0 aliphatic carbocycles. The minimum Gasteiger partial charge on any atom is -0.481 e. The van der Waals surface area contributed by atoms with Crippen molar-refractivity contribution in [1.82, 2.24) is 16.0 Å². The number of hydrogen-bond acceptors (Lipinski definition) is 7. The zero-order valence-electron chi connectivity index (χ0n) is 19.0. The summed E-state index contributed by atoms with van der Waals surface area (Å²) in [4.78, 5) is 60.1. The highest BCUT2D eigenvalue weighted by atomic mass is 16.4. The Morgan fingerprint density at radius 3 is 2.06 bits per heavy atom. The molecular formula is C22H33N5O7. The molecule has 1 aromatic rings. The fourth-order valence-corrected chi connectivity index (χ4v) is 3.03. The van der Waals surface area contributed by atoms with E-state index < -0.39 is 60.2 Å². The molecule has 0 saturated heterocycles. The van der Waals surface area contributed by atoms with E-state index in [9.17, 15) is 29.1 Å². The van der Waals surface area contributed by atoms with Crippen LogP contribution >= 0.6 is 0 Å². The molecule has 9 N–H and O–H groups in total. The number of carboxylic acids is 2. The van der Waals surface area contributed by atoms with Crippen LogP contribution in [0.1, 0.15) is 38.2 Å². The van der Waals surface area contributed by atoms with Gasteiger partial charge in [-0.25, -0.2) is 4.79 Å². The first-order chi connectivity index (χ1) is 16.0. The van der Waals surface area contributed by atoms with Crippen LogP contribution in [0, 0.1) is 0 Å². The van der Waals surface area contributed by atoms with Crippen LogP contribution in [0.5, 0.6) is 0 Å². The van der Waals surface area contributed by atoms with E-state index in [-0.39, 0.29) is 6.42 Å². The van der Waals surface area contributed by atoms with Crippen LogP contribution < -0.4 is 27.4 Å². The normalized spacial score (nSPS) is 14.2. The lowest BCUT2D eigenvalue weighted by atomic mass is 10.1. The lowest BCUT2D eigenvalue weighted by Gasteiger charge is -2.23. The first-order valence-electron chi connectivity index (χ1n) is 10.9. The number of aliphatic carboxylic acids is 2. The van der Waals surface area contributed by atoms with Gasteiger partial charge >= 0.3 is 11.9 Å². The molecule has 0 bridgehead atoms. The average Bonchev–Trinajstić information content (AvgIpc) is 2.78. The Balaban J connectivity index is 2.74. The predicted octanol–water partition coefficient (Wildman–Crippen LogP) is -1.28. The molecule has 0 heterocycles. The van der Waals surface area contributed by atoms with Gasteiger partial charge in [0.2, 0.25) is 17.7 Å². The molecule has 0 saturated carbocycles. The van der Waals surface area contributed by atoms with Crippen LogP contribution in [0.3, 0.4) is 0 Å². The predicted molar refractivity (Wildman–Crippen MR) is 122 cm³/mol. The van der Waals surface area contributed by atoms with Crippen molar-refractivity contribution >= 4 is 29.7 Å². The van der Waals surface area contributed by atoms with Crippen molar-refractivity contribution in [3.63, 3.8) is 0 Å². The lowest BCUT2D eigenvalue weighted by Crippen LogP contribution is -2.56. The number of nitrogens with one attached hydrogen (secondary N) is 3. The van der Waals surface area contributed by atoms with Gasteiger partial charge in [-0.3, -0.25) is 19.2 Å². The third kappa shape index (κ3) is 10.4. The van der Waals surface area contributed by atoms with Crippen LogP contribution in [-0.4, -0.2) is 70.6 Å². The van der Waals surface area contributed by atoms with Crippen LogP contribution in [0.15, 0.2) is 30.3 Å². The molecule has 188 valence electrons. The van der Waals surface area contributed by atoms with Crippen molar-refractivity contribution in [3.8, 4) is 0 Å². The average molecular weight is 480 g/mol. The molecule has 3 amide bonds. The van der Waals surface area contributed by atoms with Gasteiger partial charge in [0.05, 0.1) is 12.5 Å².